The van der Waals surface area contributed by atoms with Crippen LogP contribution in [-0.4, -0.2) is 23.4 Å². The summed E-state index contributed by atoms with van der Waals surface area (Å²) in [4.78, 5) is 14.4. The molecule has 1 saturated heterocycles. The topological polar surface area (TPSA) is 32.3 Å². The SMILES string of the molecule is Cc1ccccc1C1NCC(=O)N1C1CCC(C)CC1. The maximum Gasteiger partial charge on any atom is 0.238 e. The van der Waals surface area contributed by atoms with Crippen LogP contribution in [-0.2, 0) is 4.79 Å². The van der Waals surface area contributed by atoms with E-state index in [4.69, 9.17) is 0 Å². The molecule has 1 aliphatic carbocycles. The van der Waals surface area contributed by atoms with Crippen molar-refractivity contribution in [1.29, 1.82) is 0 Å². The quantitative estimate of drug-likeness (QED) is 0.897. The number of nitrogens with zero attached hydrogens (tertiary/aromatic N) is 1. The highest BCUT2D eigenvalue weighted by atomic mass is 16.2. The molecule has 1 saturated carbocycles. The lowest BCUT2D eigenvalue weighted by molar-refractivity contribution is -0.131. The van der Waals surface area contributed by atoms with E-state index in [1.165, 1.54) is 24.0 Å². The Bertz CT molecular complexity index is 492. The van der Waals surface area contributed by atoms with Crippen molar-refractivity contribution in [2.75, 3.05) is 6.54 Å². The van der Waals surface area contributed by atoms with E-state index in [9.17, 15) is 4.79 Å². The molecule has 0 aromatic heterocycles. The average molecular weight is 272 g/mol. The number of hydrogen-bond donors (Lipinski definition) is 1. The van der Waals surface area contributed by atoms with Crippen molar-refractivity contribution >= 4 is 5.91 Å². The highest BCUT2D eigenvalue weighted by Crippen LogP contribution is 2.34. The van der Waals surface area contributed by atoms with E-state index in [1.807, 2.05) is 0 Å². The van der Waals surface area contributed by atoms with Gasteiger partial charge in [0.15, 0.2) is 0 Å². The van der Waals surface area contributed by atoms with E-state index in [1.54, 1.807) is 0 Å². The minimum absolute atomic E-state index is 0.0714. The van der Waals surface area contributed by atoms with Gasteiger partial charge in [0.05, 0.1) is 6.54 Å². The van der Waals surface area contributed by atoms with E-state index in [-0.39, 0.29) is 12.1 Å². The fraction of sp³-hybridized carbons (Fsp3) is 0.588. The molecule has 0 bridgehead atoms. The highest BCUT2D eigenvalue weighted by Gasteiger charge is 2.38. The van der Waals surface area contributed by atoms with Gasteiger partial charge in [-0.25, -0.2) is 0 Å². The second-order valence-electron chi connectivity index (χ2n) is 6.35. The summed E-state index contributed by atoms with van der Waals surface area (Å²) in [6, 6.07) is 8.81. The number of aryl methyl sites for hydroxylation is 1. The molecule has 3 nitrogen and oxygen atoms in total. The summed E-state index contributed by atoms with van der Waals surface area (Å²) in [6.45, 7) is 4.92. The predicted molar refractivity (Wildman–Crippen MR) is 80.2 cm³/mol. The van der Waals surface area contributed by atoms with Gasteiger partial charge in [0.2, 0.25) is 5.91 Å². The summed E-state index contributed by atoms with van der Waals surface area (Å²) < 4.78 is 0. The van der Waals surface area contributed by atoms with Crippen LogP contribution in [0.3, 0.4) is 0 Å². The first-order chi connectivity index (χ1) is 9.66. The lowest BCUT2D eigenvalue weighted by Crippen LogP contribution is -2.41. The Labute approximate surface area is 121 Å². The van der Waals surface area contributed by atoms with Gasteiger partial charge in [0.25, 0.3) is 0 Å². The van der Waals surface area contributed by atoms with Crippen LogP contribution in [0.4, 0.5) is 0 Å². The van der Waals surface area contributed by atoms with E-state index in [0.717, 1.165) is 18.8 Å². The molecule has 2 aliphatic rings. The van der Waals surface area contributed by atoms with Crippen molar-refractivity contribution < 1.29 is 4.79 Å². The molecule has 1 heterocycles. The number of carbonyl (C=O) groups excluding carboxylic acids is 1. The number of rotatable bonds is 2. The zero-order valence-electron chi connectivity index (χ0n) is 12.4. The predicted octanol–water partition coefficient (Wildman–Crippen LogP) is 3.00. The van der Waals surface area contributed by atoms with Gasteiger partial charge in [-0.15, -0.1) is 0 Å². The molecule has 1 N–H and O–H groups in total. The summed E-state index contributed by atoms with van der Waals surface area (Å²) in [5.74, 6) is 1.08. The maximum atomic E-state index is 12.3. The monoisotopic (exact) mass is 272 g/mol. The molecule has 1 aromatic carbocycles. The number of benzene rings is 1. The van der Waals surface area contributed by atoms with Crippen molar-refractivity contribution in [3.8, 4) is 0 Å². The molecule has 1 unspecified atom stereocenters. The van der Waals surface area contributed by atoms with Gasteiger partial charge in [-0.2, -0.15) is 0 Å². The Kier molecular flexibility index (Phi) is 3.79. The average Bonchev–Trinajstić information content (AvgIpc) is 2.82. The molecule has 3 heteroatoms. The lowest BCUT2D eigenvalue weighted by atomic mass is 9.86. The molecule has 0 radical (unpaired) electrons. The van der Waals surface area contributed by atoms with Crippen LogP contribution < -0.4 is 5.32 Å². The van der Waals surface area contributed by atoms with Gasteiger partial charge < -0.3 is 4.90 Å². The van der Waals surface area contributed by atoms with E-state index < -0.39 is 0 Å². The molecular weight excluding hydrogens is 248 g/mol. The normalized spacial score (nSPS) is 30.8. The third kappa shape index (κ3) is 2.47. The van der Waals surface area contributed by atoms with Crippen molar-refractivity contribution in [2.45, 2.75) is 51.7 Å². The fourth-order valence-electron chi connectivity index (χ4n) is 3.61. The first-order valence-corrected chi connectivity index (χ1v) is 7.77. The van der Waals surface area contributed by atoms with Crippen molar-refractivity contribution in [3.05, 3.63) is 35.4 Å². The summed E-state index contributed by atoms with van der Waals surface area (Å²) in [7, 11) is 0. The van der Waals surface area contributed by atoms with E-state index in [2.05, 4.69) is 48.3 Å². The van der Waals surface area contributed by atoms with Gasteiger partial charge in [0.1, 0.15) is 6.17 Å². The molecule has 1 atom stereocenters. The smallest absolute Gasteiger partial charge is 0.238 e. The van der Waals surface area contributed by atoms with Crippen LogP contribution in [0, 0.1) is 12.8 Å². The second-order valence-corrected chi connectivity index (χ2v) is 6.35. The highest BCUT2D eigenvalue weighted by molar-refractivity contribution is 5.81. The van der Waals surface area contributed by atoms with Crippen molar-refractivity contribution in [3.63, 3.8) is 0 Å². The second kappa shape index (κ2) is 5.57. The Hall–Kier alpha value is -1.35. The van der Waals surface area contributed by atoms with Crippen LogP contribution in [0.5, 0.6) is 0 Å². The summed E-state index contributed by atoms with van der Waals surface area (Å²) in [5.41, 5.74) is 2.51. The van der Waals surface area contributed by atoms with Gasteiger partial charge >= 0.3 is 0 Å². The molecule has 2 fully saturated rings. The standard InChI is InChI=1S/C17H24N2O/c1-12-7-9-14(10-8-12)19-16(20)11-18-17(19)15-6-4-3-5-13(15)2/h3-6,12,14,17-18H,7-11H2,1-2H3. The molecule has 1 aliphatic heterocycles. The number of hydrogen-bond acceptors (Lipinski definition) is 2. The van der Waals surface area contributed by atoms with Crippen LogP contribution in [0.2, 0.25) is 0 Å². The minimum atomic E-state index is 0.0714. The third-order valence-corrected chi connectivity index (χ3v) is 4.87. The first-order valence-electron chi connectivity index (χ1n) is 7.77. The van der Waals surface area contributed by atoms with Gasteiger partial charge in [0, 0.05) is 6.04 Å². The third-order valence-electron chi connectivity index (χ3n) is 4.87. The van der Waals surface area contributed by atoms with Crippen LogP contribution in [0.1, 0.15) is 49.9 Å². The van der Waals surface area contributed by atoms with Gasteiger partial charge in [-0.1, -0.05) is 31.2 Å². The number of carbonyl (C=O) groups is 1. The molecule has 0 spiro atoms. The van der Waals surface area contributed by atoms with Crippen LogP contribution in [0.15, 0.2) is 24.3 Å². The molecule has 3 rings (SSSR count). The Balaban J connectivity index is 1.84. The van der Waals surface area contributed by atoms with Crippen molar-refractivity contribution in [1.82, 2.24) is 10.2 Å². The largest absolute Gasteiger partial charge is 0.319 e. The Morgan fingerprint density at radius 3 is 2.55 bits per heavy atom. The molecule has 108 valence electrons. The molecule has 1 amide bonds. The van der Waals surface area contributed by atoms with Crippen LogP contribution >= 0.6 is 0 Å². The van der Waals surface area contributed by atoms with Crippen LogP contribution in [0.25, 0.3) is 0 Å². The molecule has 20 heavy (non-hydrogen) atoms. The summed E-state index contributed by atoms with van der Waals surface area (Å²) >= 11 is 0. The maximum absolute atomic E-state index is 12.3. The zero-order chi connectivity index (χ0) is 14.1. The van der Waals surface area contributed by atoms with Crippen molar-refractivity contribution in [2.24, 2.45) is 5.92 Å². The first kappa shape index (κ1) is 13.6. The molecule has 1 aromatic rings. The summed E-state index contributed by atoms with van der Waals surface area (Å²) in [6.07, 6.45) is 4.86. The number of nitrogens with one attached hydrogen (secondary N) is 1. The van der Waals surface area contributed by atoms with E-state index >= 15 is 0 Å². The minimum Gasteiger partial charge on any atom is -0.319 e. The van der Waals surface area contributed by atoms with Gasteiger partial charge in [-0.3, -0.25) is 10.1 Å². The van der Waals surface area contributed by atoms with E-state index in [0.29, 0.717) is 12.6 Å². The molecular formula is C17H24N2O. The summed E-state index contributed by atoms with van der Waals surface area (Å²) in [5, 5.41) is 3.40. The zero-order valence-corrected chi connectivity index (χ0v) is 12.4. The Morgan fingerprint density at radius 1 is 1.15 bits per heavy atom. The van der Waals surface area contributed by atoms with Gasteiger partial charge in [-0.05, 0) is 49.7 Å². The lowest BCUT2D eigenvalue weighted by Gasteiger charge is -2.37. The Morgan fingerprint density at radius 2 is 1.85 bits per heavy atom. The fourth-order valence-corrected chi connectivity index (χ4v) is 3.61. The number of amides is 1.